The maximum absolute atomic E-state index is 13.2. The van der Waals surface area contributed by atoms with Gasteiger partial charge in [0, 0.05) is 38.8 Å². The van der Waals surface area contributed by atoms with E-state index in [9.17, 15) is 13.2 Å². The van der Waals surface area contributed by atoms with Gasteiger partial charge >= 0.3 is 5.97 Å². The molecule has 0 bridgehead atoms. The van der Waals surface area contributed by atoms with Gasteiger partial charge in [0.2, 0.25) is 10.0 Å². The first-order valence-corrected chi connectivity index (χ1v) is 11.6. The predicted octanol–water partition coefficient (Wildman–Crippen LogP) is 0.906. The molecule has 0 aromatic heterocycles. The highest BCUT2D eigenvalue weighted by Crippen LogP contribution is 2.35. The fourth-order valence-corrected chi connectivity index (χ4v) is 5.40. The number of ether oxygens (including phenoxy) is 4. The lowest BCUT2D eigenvalue weighted by Crippen LogP contribution is -2.38. The van der Waals surface area contributed by atoms with Crippen molar-refractivity contribution in [2.45, 2.75) is 24.2 Å². The molecule has 0 atom stereocenters. The minimum atomic E-state index is -3.74. The Labute approximate surface area is 177 Å². The van der Waals surface area contributed by atoms with Gasteiger partial charge in [0.05, 0.1) is 38.7 Å². The summed E-state index contributed by atoms with van der Waals surface area (Å²) in [6, 6.07) is 2.98. The molecule has 2 heterocycles. The second-order valence-corrected chi connectivity index (χ2v) is 9.18. The predicted molar refractivity (Wildman–Crippen MR) is 109 cm³/mol. The normalized spacial score (nSPS) is 18.3. The molecular weight excluding hydrogens is 412 g/mol. The zero-order chi connectivity index (χ0) is 21.6. The summed E-state index contributed by atoms with van der Waals surface area (Å²) in [6.07, 6.45) is 1.49. The first-order valence-electron chi connectivity index (χ1n) is 10.2. The maximum Gasteiger partial charge on any atom is 0.310 e. The zero-order valence-corrected chi connectivity index (χ0v) is 18.4. The van der Waals surface area contributed by atoms with E-state index in [0.717, 1.165) is 25.9 Å². The molecule has 0 spiro atoms. The Kier molecular flexibility index (Phi) is 7.93. The molecule has 2 fully saturated rings. The minimum absolute atomic E-state index is 0.0622. The lowest BCUT2D eigenvalue weighted by molar-refractivity contribution is -0.143. The number of methoxy groups -OCH3 is 2. The number of hydrogen-bond donors (Lipinski definition) is 0. The van der Waals surface area contributed by atoms with Gasteiger partial charge in [0.1, 0.15) is 6.61 Å². The molecule has 10 heteroatoms. The first-order chi connectivity index (χ1) is 14.5. The molecule has 0 saturated carbocycles. The molecule has 0 amide bonds. The summed E-state index contributed by atoms with van der Waals surface area (Å²) >= 11 is 0. The molecule has 9 nitrogen and oxygen atoms in total. The number of sulfonamides is 1. The first kappa shape index (κ1) is 22.8. The van der Waals surface area contributed by atoms with Crippen molar-refractivity contribution in [3.8, 4) is 11.5 Å². The van der Waals surface area contributed by atoms with E-state index >= 15 is 0 Å². The van der Waals surface area contributed by atoms with Crippen molar-refractivity contribution in [1.29, 1.82) is 0 Å². The van der Waals surface area contributed by atoms with Crippen molar-refractivity contribution < 1.29 is 32.2 Å². The summed E-state index contributed by atoms with van der Waals surface area (Å²) in [7, 11) is -0.825. The van der Waals surface area contributed by atoms with Crippen LogP contribution in [0.5, 0.6) is 11.5 Å². The number of hydrogen-bond acceptors (Lipinski definition) is 8. The maximum atomic E-state index is 13.2. The molecule has 2 aliphatic rings. The van der Waals surface area contributed by atoms with E-state index < -0.39 is 16.0 Å². The van der Waals surface area contributed by atoms with Crippen LogP contribution in [-0.2, 0) is 30.7 Å². The molecule has 2 aliphatic heterocycles. The summed E-state index contributed by atoms with van der Waals surface area (Å²) in [6.45, 7) is 4.80. The number of carbonyl (C=O) groups excluding carboxylic acids is 1. The van der Waals surface area contributed by atoms with E-state index in [0.29, 0.717) is 49.9 Å². The van der Waals surface area contributed by atoms with Crippen LogP contribution < -0.4 is 9.47 Å². The molecule has 1 aromatic rings. The summed E-state index contributed by atoms with van der Waals surface area (Å²) in [5.74, 6) is 0.196. The fraction of sp³-hybridized carbons (Fsp3) is 0.650. The van der Waals surface area contributed by atoms with E-state index in [1.807, 2.05) is 0 Å². The zero-order valence-electron chi connectivity index (χ0n) is 17.6. The highest BCUT2D eigenvalue weighted by molar-refractivity contribution is 7.89. The third-order valence-electron chi connectivity index (χ3n) is 5.36. The van der Waals surface area contributed by atoms with Crippen LogP contribution in [0.3, 0.4) is 0 Å². The second-order valence-electron chi connectivity index (χ2n) is 7.28. The van der Waals surface area contributed by atoms with E-state index in [4.69, 9.17) is 18.9 Å². The fourth-order valence-electron chi connectivity index (χ4n) is 3.67. The molecule has 0 radical (unpaired) electrons. The molecule has 2 saturated heterocycles. The van der Waals surface area contributed by atoms with Gasteiger partial charge in [0.25, 0.3) is 0 Å². The van der Waals surface area contributed by atoms with Gasteiger partial charge in [-0.15, -0.1) is 0 Å². The Morgan fingerprint density at radius 2 is 1.67 bits per heavy atom. The second kappa shape index (κ2) is 10.4. The molecule has 0 N–H and O–H groups in total. The summed E-state index contributed by atoms with van der Waals surface area (Å²) in [5.41, 5.74) is 0.343. The van der Waals surface area contributed by atoms with Gasteiger partial charge in [-0.05, 0) is 24.5 Å². The number of esters is 1. The highest BCUT2D eigenvalue weighted by atomic mass is 32.2. The summed E-state index contributed by atoms with van der Waals surface area (Å²) in [5, 5.41) is 0. The molecule has 3 rings (SSSR count). The average Bonchev–Trinajstić information content (AvgIpc) is 3.30. The monoisotopic (exact) mass is 442 g/mol. The third kappa shape index (κ3) is 5.42. The van der Waals surface area contributed by atoms with Gasteiger partial charge in [0.15, 0.2) is 11.5 Å². The van der Waals surface area contributed by atoms with Crippen LogP contribution in [-0.4, -0.2) is 90.4 Å². The van der Waals surface area contributed by atoms with Crippen molar-refractivity contribution in [3.63, 3.8) is 0 Å². The van der Waals surface area contributed by atoms with Crippen molar-refractivity contribution in [1.82, 2.24) is 9.21 Å². The Morgan fingerprint density at radius 3 is 2.30 bits per heavy atom. The van der Waals surface area contributed by atoms with E-state index in [-0.39, 0.29) is 17.9 Å². The highest BCUT2D eigenvalue weighted by Gasteiger charge is 2.31. The smallest absolute Gasteiger partial charge is 0.310 e. The van der Waals surface area contributed by atoms with Gasteiger partial charge in [-0.1, -0.05) is 0 Å². The largest absolute Gasteiger partial charge is 0.493 e. The topological polar surface area (TPSA) is 94.6 Å². The number of nitrogens with zero attached hydrogens (tertiary/aromatic N) is 2. The van der Waals surface area contributed by atoms with Gasteiger partial charge in [-0.3, -0.25) is 9.69 Å². The van der Waals surface area contributed by atoms with Crippen molar-refractivity contribution in [2.75, 3.05) is 66.8 Å². The number of morpholine rings is 1. The summed E-state index contributed by atoms with van der Waals surface area (Å²) in [4.78, 5) is 14.7. The number of carbonyl (C=O) groups is 1. The molecule has 168 valence electrons. The Morgan fingerprint density at radius 1 is 1.03 bits per heavy atom. The lowest BCUT2D eigenvalue weighted by atomic mass is 10.1. The number of benzene rings is 1. The van der Waals surface area contributed by atoms with Gasteiger partial charge in [-0.25, -0.2) is 8.42 Å². The molecule has 30 heavy (non-hydrogen) atoms. The van der Waals surface area contributed by atoms with Crippen molar-refractivity contribution in [3.05, 3.63) is 17.7 Å². The summed E-state index contributed by atoms with van der Waals surface area (Å²) < 4.78 is 49.1. The standard InChI is InChI=1S/C20H30N2O7S/c1-26-17-13-16(14-20(23)29-12-9-21-7-10-28-11-8-21)19(15-18(17)27-2)30(24,25)22-5-3-4-6-22/h13,15H,3-12,14H2,1-2H3. The van der Waals surface area contributed by atoms with E-state index in [2.05, 4.69) is 4.90 Å². The molecule has 0 unspecified atom stereocenters. The van der Waals surface area contributed by atoms with Crippen LogP contribution >= 0.6 is 0 Å². The quantitative estimate of drug-likeness (QED) is 0.521. The van der Waals surface area contributed by atoms with Crippen LogP contribution in [0.4, 0.5) is 0 Å². The van der Waals surface area contributed by atoms with E-state index in [1.165, 1.54) is 24.6 Å². The van der Waals surface area contributed by atoms with Crippen LogP contribution in [0.2, 0.25) is 0 Å². The van der Waals surface area contributed by atoms with E-state index in [1.54, 1.807) is 6.07 Å². The number of rotatable bonds is 9. The minimum Gasteiger partial charge on any atom is -0.493 e. The molecular formula is C20H30N2O7S. The Bertz CT molecular complexity index is 832. The Hall–Kier alpha value is -1.88. The van der Waals surface area contributed by atoms with Crippen molar-refractivity contribution >= 4 is 16.0 Å². The van der Waals surface area contributed by atoms with Crippen LogP contribution in [0.15, 0.2) is 17.0 Å². The average molecular weight is 443 g/mol. The third-order valence-corrected chi connectivity index (χ3v) is 7.34. The SMILES string of the molecule is COc1cc(CC(=O)OCCN2CCOCC2)c(S(=O)(=O)N2CCCC2)cc1OC. The Balaban J connectivity index is 1.75. The lowest BCUT2D eigenvalue weighted by Gasteiger charge is -2.26. The van der Waals surface area contributed by atoms with Gasteiger partial charge < -0.3 is 18.9 Å². The van der Waals surface area contributed by atoms with Crippen LogP contribution in [0.1, 0.15) is 18.4 Å². The van der Waals surface area contributed by atoms with Crippen LogP contribution in [0.25, 0.3) is 0 Å². The molecule has 0 aliphatic carbocycles. The van der Waals surface area contributed by atoms with Crippen LogP contribution in [0, 0.1) is 0 Å². The van der Waals surface area contributed by atoms with Crippen molar-refractivity contribution in [2.24, 2.45) is 0 Å². The van der Waals surface area contributed by atoms with Gasteiger partial charge in [-0.2, -0.15) is 4.31 Å². The molecule has 1 aromatic carbocycles.